The van der Waals surface area contributed by atoms with E-state index < -0.39 is 0 Å². The normalized spacial score (nSPS) is 11.9. The van der Waals surface area contributed by atoms with Crippen molar-refractivity contribution in [2.45, 2.75) is 0 Å². The van der Waals surface area contributed by atoms with Crippen molar-refractivity contribution in [1.82, 2.24) is 0 Å². The maximum Gasteiger partial charge on any atom is 0.0361 e. The quantitative estimate of drug-likeness (QED) is 0.193. The van der Waals surface area contributed by atoms with Gasteiger partial charge in [-0.25, -0.2) is 0 Å². The Bertz CT molecular complexity index is 2410. The Morgan fingerprint density at radius 3 is 1.56 bits per heavy atom. The van der Waals surface area contributed by atoms with E-state index in [1.807, 2.05) is 11.3 Å². The van der Waals surface area contributed by atoms with Gasteiger partial charge in [0.2, 0.25) is 0 Å². The molecular weight excluding hydrogens is 513 g/mol. The van der Waals surface area contributed by atoms with Crippen LogP contribution in [0.3, 0.4) is 0 Å². The van der Waals surface area contributed by atoms with E-state index in [4.69, 9.17) is 0 Å². The summed E-state index contributed by atoms with van der Waals surface area (Å²) in [5, 5.41) is 13.0. The van der Waals surface area contributed by atoms with E-state index >= 15 is 0 Å². The number of hydrogen-bond donors (Lipinski definition) is 0. The Kier molecular flexibility index (Phi) is 4.87. The minimum Gasteiger partial charge on any atom is -0.135 e. The molecule has 0 saturated carbocycles. The smallest absolute Gasteiger partial charge is 0.0361 e. The summed E-state index contributed by atoms with van der Waals surface area (Å²) in [7, 11) is 0. The molecule has 0 fully saturated rings. The number of thiophene rings is 1. The molecule has 0 aliphatic carbocycles. The van der Waals surface area contributed by atoms with E-state index in [2.05, 4.69) is 146 Å². The van der Waals surface area contributed by atoms with Crippen LogP contribution in [0.2, 0.25) is 0 Å². The van der Waals surface area contributed by atoms with Gasteiger partial charge in [0.05, 0.1) is 0 Å². The van der Waals surface area contributed by atoms with Gasteiger partial charge in [-0.05, 0) is 89.6 Å². The van der Waals surface area contributed by atoms with Crippen molar-refractivity contribution in [1.29, 1.82) is 0 Å². The van der Waals surface area contributed by atoms with Gasteiger partial charge in [-0.1, -0.05) is 121 Å². The lowest BCUT2D eigenvalue weighted by molar-refractivity contribution is 1.69. The van der Waals surface area contributed by atoms with Crippen LogP contribution in [0.5, 0.6) is 0 Å². The Morgan fingerprint density at radius 1 is 0.317 bits per heavy atom. The van der Waals surface area contributed by atoms with E-state index in [9.17, 15) is 0 Å². The van der Waals surface area contributed by atoms with Crippen LogP contribution < -0.4 is 0 Å². The van der Waals surface area contributed by atoms with Crippen molar-refractivity contribution in [2.24, 2.45) is 0 Å². The fraction of sp³-hybridized carbons (Fsp3) is 0. The zero-order valence-corrected chi connectivity index (χ0v) is 23.1. The average molecular weight is 537 g/mol. The Balaban J connectivity index is 1.39. The summed E-state index contributed by atoms with van der Waals surface area (Å²) in [6.45, 7) is 0. The molecule has 0 saturated heterocycles. The number of benzene rings is 8. The van der Waals surface area contributed by atoms with Crippen molar-refractivity contribution >= 4 is 74.6 Å². The summed E-state index contributed by atoms with van der Waals surface area (Å²) in [6, 6.07) is 53.8. The first-order valence-corrected chi connectivity index (χ1v) is 14.9. The SMILES string of the molecule is c1ccc2cc3c(cc2c1)sc1ccc(-c2c4ccccc4c(-c4cccc5ccccc45)c4ccccc24)cc13. The molecule has 0 spiro atoms. The topological polar surface area (TPSA) is 0 Å². The van der Waals surface area contributed by atoms with Crippen molar-refractivity contribution < 1.29 is 0 Å². The van der Waals surface area contributed by atoms with Crippen LogP contribution in [-0.2, 0) is 0 Å². The Labute approximate surface area is 241 Å². The molecule has 190 valence electrons. The first-order chi connectivity index (χ1) is 20.3. The van der Waals surface area contributed by atoms with Crippen LogP contribution in [0.25, 0.3) is 85.5 Å². The molecule has 41 heavy (non-hydrogen) atoms. The van der Waals surface area contributed by atoms with Crippen molar-refractivity contribution in [2.75, 3.05) is 0 Å². The van der Waals surface area contributed by atoms with Crippen LogP contribution in [0.1, 0.15) is 0 Å². The van der Waals surface area contributed by atoms with Gasteiger partial charge >= 0.3 is 0 Å². The molecule has 0 unspecified atom stereocenters. The van der Waals surface area contributed by atoms with Gasteiger partial charge in [0, 0.05) is 20.2 Å². The molecule has 0 amide bonds. The maximum atomic E-state index is 2.43. The van der Waals surface area contributed by atoms with Crippen LogP contribution in [0.4, 0.5) is 0 Å². The van der Waals surface area contributed by atoms with Crippen molar-refractivity contribution in [3.8, 4) is 22.3 Å². The zero-order valence-electron chi connectivity index (χ0n) is 22.3. The molecule has 1 heteroatoms. The molecule has 1 aromatic heterocycles. The lowest BCUT2D eigenvalue weighted by Crippen LogP contribution is -1.91. The largest absolute Gasteiger partial charge is 0.135 e. The van der Waals surface area contributed by atoms with Gasteiger partial charge < -0.3 is 0 Å². The highest BCUT2D eigenvalue weighted by molar-refractivity contribution is 7.25. The zero-order chi connectivity index (χ0) is 26.9. The lowest BCUT2D eigenvalue weighted by Gasteiger charge is -2.19. The minimum atomic E-state index is 1.27. The third kappa shape index (κ3) is 3.40. The average Bonchev–Trinajstić information content (AvgIpc) is 3.39. The van der Waals surface area contributed by atoms with E-state index in [0.717, 1.165) is 0 Å². The standard InChI is InChI=1S/C40H24S/c1-2-12-27-24-38-36(22-26(27)11-1)35-23-28(20-21-37(35)41-38)39-31-15-5-7-17-33(31)40(34-18-8-6-16-32(34)39)30-19-9-13-25-10-3-4-14-29(25)30/h1-24H. The number of hydrogen-bond acceptors (Lipinski definition) is 1. The molecule has 1 heterocycles. The molecule has 0 aliphatic rings. The molecule has 9 rings (SSSR count). The Morgan fingerprint density at radius 2 is 0.854 bits per heavy atom. The second kappa shape index (κ2) is 8.76. The van der Waals surface area contributed by atoms with Gasteiger partial charge in [-0.3, -0.25) is 0 Å². The fourth-order valence-electron chi connectivity index (χ4n) is 6.79. The molecule has 8 aromatic carbocycles. The minimum absolute atomic E-state index is 1.27. The highest BCUT2D eigenvalue weighted by atomic mass is 32.1. The second-order valence-electron chi connectivity index (χ2n) is 10.9. The van der Waals surface area contributed by atoms with Crippen molar-refractivity contribution in [3.63, 3.8) is 0 Å². The summed E-state index contributed by atoms with van der Waals surface area (Å²) < 4.78 is 2.68. The predicted octanol–water partition coefficient (Wildman–Crippen LogP) is 12.0. The van der Waals surface area contributed by atoms with E-state index in [0.29, 0.717) is 0 Å². The third-order valence-electron chi connectivity index (χ3n) is 8.62. The highest BCUT2D eigenvalue weighted by Crippen LogP contribution is 2.46. The molecule has 0 bridgehead atoms. The van der Waals surface area contributed by atoms with E-state index in [-0.39, 0.29) is 0 Å². The first kappa shape index (κ1) is 22.8. The monoisotopic (exact) mass is 536 g/mol. The van der Waals surface area contributed by atoms with Crippen LogP contribution in [0, 0.1) is 0 Å². The van der Waals surface area contributed by atoms with Gasteiger partial charge in [-0.15, -0.1) is 11.3 Å². The number of fused-ring (bicyclic) bond motifs is 7. The van der Waals surface area contributed by atoms with Gasteiger partial charge in [0.25, 0.3) is 0 Å². The summed E-state index contributed by atoms with van der Waals surface area (Å²) in [6.07, 6.45) is 0. The second-order valence-corrected chi connectivity index (χ2v) is 12.0. The number of rotatable bonds is 2. The summed E-state index contributed by atoms with van der Waals surface area (Å²) in [4.78, 5) is 0. The van der Waals surface area contributed by atoms with Crippen LogP contribution >= 0.6 is 11.3 Å². The maximum absolute atomic E-state index is 2.43. The Hall–Kier alpha value is -4.98. The summed E-state index contributed by atoms with van der Waals surface area (Å²) >= 11 is 1.89. The fourth-order valence-corrected chi connectivity index (χ4v) is 7.91. The van der Waals surface area contributed by atoms with E-state index in [1.54, 1.807) is 0 Å². The first-order valence-electron chi connectivity index (χ1n) is 14.1. The third-order valence-corrected chi connectivity index (χ3v) is 9.75. The lowest BCUT2D eigenvalue weighted by atomic mass is 9.84. The molecule has 0 N–H and O–H groups in total. The van der Waals surface area contributed by atoms with Gasteiger partial charge in [0.1, 0.15) is 0 Å². The molecular formula is C40H24S. The molecule has 0 radical (unpaired) electrons. The summed E-state index contributed by atoms with van der Waals surface area (Å²) in [5.74, 6) is 0. The van der Waals surface area contributed by atoms with Crippen molar-refractivity contribution in [3.05, 3.63) is 146 Å². The van der Waals surface area contributed by atoms with Gasteiger partial charge in [0.15, 0.2) is 0 Å². The summed E-state index contributed by atoms with van der Waals surface area (Å²) in [5.41, 5.74) is 5.17. The highest BCUT2D eigenvalue weighted by Gasteiger charge is 2.18. The van der Waals surface area contributed by atoms with Crippen LogP contribution in [0.15, 0.2) is 146 Å². The van der Waals surface area contributed by atoms with Gasteiger partial charge in [-0.2, -0.15) is 0 Å². The predicted molar refractivity (Wildman–Crippen MR) is 180 cm³/mol. The molecule has 0 atom stereocenters. The molecule has 9 aromatic rings. The molecule has 0 nitrogen and oxygen atoms in total. The molecule has 0 aliphatic heterocycles. The van der Waals surface area contributed by atoms with Crippen LogP contribution in [-0.4, -0.2) is 0 Å². The van der Waals surface area contributed by atoms with E-state index in [1.165, 1.54) is 85.5 Å².